The van der Waals surface area contributed by atoms with Gasteiger partial charge in [0.05, 0.1) is 0 Å². The fourth-order valence-electron chi connectivity index (χ4n) is 4.45. The summed E-state index contributed by atoms with van der Waals surface area (Å²) < 4.78 is 0. The molecule has 2 aliphatic carbocycles. The standard InChI is InChI=1S/C23H26/c1-22(2,3)20-10-11-23(4,5)21-18-13-16-9-7-6-8-15(16)12-17(18)14-19(20)21/h6-10,12-13H,11,14H2,1-5H3. The molecular weight excluding hydrogens is 276 g/mol. The van der Waals surface area contributed by atoms with E-state index in [0.717, 1.165) is 12.8 Å². The number of rotatable bonds is 0. The molecule has 0 N–H and O–H groups in total. The maximum absolute atomic E-state index is 2.50. The summed E-state index contributed by atoms with van der Waals surface area (Å²) in [5.41, 5.74) is 8.23. The highest BCUT2D eigenvalue weighted by molar-refractivity contribution is 5.93. The van der Waals surface area contributed by atoms with Gasteiger partial charge in [0.15, 0.2) is 0 Å². The quantitative estimate of drug-likeness (QED) is 0.517. The molecule has 0 radical (unpaired) electrons. The van der Waals surface area contributed by atoms with Gasteiger partial charge in [-0.15, -0.1) is 0 Å². The first-order valence-electron chi connectivity index (χ1n) is 8.74. The van der Waals surface area contributed by atoms with Gasteiger partial charge in [-0.25, -0.2) is 0 Å². The van der Waals surface area contributed by atoms with Crippen molar-refractivity contribution < 1.29 is 0 Å². The Balaban J connectivity index is 1.97. The molecule has 0 nitrogen and oxygen atoms in total. The fraction of sp³-hybridized carbons (Fsp3) is 0.391. The van der Waals surface area contributed by atoms with Gasteiger partial charge in [-0.2, -0.15) is 0 Å². The van der Waals surface area contributed by atoms with Gasteiger partial charge in [0.25, 0.3) is 0 Å². The van der Waals surface area contributed by atoms with Crippen LogP contribution in [0.25, 0.3) is 16.3 Å². The molecule has 0 aromatic heterocycles. The second kappa shape index (κ2) is 4.60. The number of hydrogen-bond acceptors (Lipinski definition) is 0. The van der Waals surface area contributed by atoms with Crippen LogP contribution in [0.1, 0.15) is 52.2 Å². The van der Waals surface area contributed by atoms with Crippen LogP contribution in [0.2, 0.25) is 0 Å². The van der Waals surface area contributed by atoms with Crippen LogP contribution in [-0.2, 0) is 6.42 Å². The van der Waals surface area contributed by atoms with E-state index in [1.807, 2.05) is 0 Å². The van der Waals surface area contributed by atoms with Gasteiger partial charge in [-0.1, -0.05) is 71.0 Å². The van der Waals surface area contributed by atoms with Crippen molar-refractivity contribution in [2.45, 2.75) is 47.5 Å². The van der Waals surface area contributed by atoms with Crippen molar-refractivity contribution in [1.82, 2.24) is 0 Å². The summed E-state index contributed by atoms with van der Waals surface area (Å²) in [7, 11) is 0. The second-order valence-corrected chi connectivity index (χ2v) is 8.84. The Kier molecular flexibility index (Phi) is 2.95. The smallest absolute Gasteiger partial charge is 0.00135 e. The minimum atomic E-state index is 0.221. The van der Waals surface area contributed by atoms with E-state index in [1.54, 1.807) is 16.7 Å². The van der Waals surface area contributed by atoms with Crippen LogP contribution < -0.4 is 0 Å². The lowest BCUT2D eigenvalue weighted by molar-refractivity contribution is 0.462. The average molecular weight is 302 g/mol. The zero-order chi connectivity index (χ0) is 16.4. The summed E-state index contributed by atoms with van der Waals surface area (Å²) >= 11 is 0. The van der Waals surface area contributed by atoms with E-state index in [1.165, 1.54) is 21.9 Å². The topological polar surface area (TPSA) is 0 Å². The number of hydrogen-bond donors (Lipinski definition) is 0. The van der Waals surface area contributed by atoms with Crippen molar-refractivity contribution in [3.05, 3.63) is 64.7 Å². The monoisotopic (exact) mass is 302 g/mol. The molecule has 4 rings (SSSR count). The first-order chi connectivity index (χ1) is 10.8. The van der Waals surface area contributed by atoms with Crippen molar-refractivity contribution >= 4 is 16.3 Å². The van der Waals surface area contributed by atoms with Crippen LogP contribution in [0.3, 0.4) is 0 Å². The molecule has 0 aliphatic heterocycles. The summed E-state index contributed by atoms with van der Waals surface area (Å²) in [5.74, 6) is 0. The van der Waals surface area contributed by atoms with Gasteiger partial charge >= 0.3 is 0 Å². The molecule has 0 amide bonds. The van der Waals surface area contributed by atoms with E-state index < -0.39 is 0 Å². The zero-order valence-corrected chi connectivity index (χ0v) is 15.0. The van der Waals surface area contributed by atoms with Crippen molar-refractivity contribution in [1.29, 1.82) is 0 Å². The van der Waals surface area contributed by atoms with Gasteiger partial charge in [-0.3, -0.25) is 0 Å². The molecular formula is C23H26. The third kappa shape index (κ3) is 2.19. The highest BCUT2D eigenvalue weighted by Crippen LogP contribution is 2.54. The Morgan fingerprint density at radius 3 is 2.26 bits per heavy atom. The van der Waals surface area contributed by atoms with Crippen LogP contribution in [0.5, 0.6) is 0 Å². The Hall–Kier alpha value is -1.82. The van der Waals surface area contributed by atoms with E-state index in [4.69, 9.17) is 0 Å². The molecule has 0 saturated heterocycles. The van der Waals surface area contributed by atoms with Crippen LogP contribution in [0.15, 0.2) is 53.6 Å². The van der Waals surface area contributed by atoms with E-state index in [0.29, 0.717) is 0 Å². The molecule has 0 bridgehead atoms. The maximum Gasteiger partial charge on any atom is -0.00135 e. The average Bonchev–Trinajstić information content (AvgIpc) is 2.82. The Labute approximate surface area is 139 Å². The lowest BCUT2D eigenvalue weighted by Crippen LogP contribution is -2.22. The van der Waals surface area contributed by atoms with Crippen LogP contribution in [0.4, 0.5) is 0 Å². The summed E-state index contributed by atoms with van der Waals surface area (Å²) in [6.45, 7) is 11.9. The predicted molar refractivity (Wildman–Crippen MR) is 101 cm³/mol. The highest BCUT2D eigenvalue weighted by atomic mass is 14.4. The van der Waals surface area contributed by atoms with Crippen LogP contribution in [-0.4, -0.2) is 0 Å². The van der Waals surface area contributed by atoms with E-state index in [9.17, 15) is 0 Å². The van der Waals surface area contributed by atoms with E-state index in [2.05, 4.69) is 77.1 Å². The second-order valence-electron chi connectivity index (χ2n) is 8.84. The van der Waals surface area contributed by atoms with Gasteiger partial charge in [-0.05, 0) is 68.4 Å². The Morgan fingerprint density at radius 1 is 0.957 bits per heavy atom. The highest BCUT2D eigenvalue weighted by Gasteiger charge is 2.39. The molecule has 118 valence electrons. The third-order valence-corrected chi connectivity index (χ3v) is 5.54. The molecule has 0 saturated carbocycles. The number of fused-ring (bicyclic) bond motifs is 3. The molecule has 0 fully saturated rings. The first kappa shape index (κ1) is 14.8. The molecule has 0 heteroatoms. The fourth-order valence-corrected chi connectivity index (χ4v) is 4.45. The molecule has 0 heterocycles. The largest absolute Gasteiger partial charge is 0.0796 e. The summed E-state index contributed by atoms with van der Waals surface area (Å²) in [6, 6.07) is 13.6. The molecule has 2 aromatic carbocycles. The predicted octanol–water partition coefficient (Wildman–Crippen LogP) is 6.55. The van der Waals surface area contributed by atoms with Gasteiger partial charge < -0.3 is 0 Å². The third-order valence-electron chi connectivity index (χ3n) is 5.54. The zero-order valence-electron chi connectivity index (χ0n) is 15.0. The summed E-state index contributed by atoms with van der Waals surface area (Å²) in [5, 5.41) is 2.73. The van der Waals surface area contributed by atoms with Crippen LogP contribution >= 0.6 is 0 Å². The van der Waals surface area contributed by atoms with Crippen molar-refractivity contribution in [3.8, 4) is 0 Å². The molecule has 0 atom stereocenters. The minimum absolute atomic E-state index is 0.221. The van der Waals surface area contributed by atoms with E-state index in [-0.39, 0.29) is 10.8 Å². The van der Waals surface area contributed by atoms with Gasteiger partial charge in [0.1, 0.15) is 0 Å². The molecule has 0 spiro atoms. The number of allylic oxidation sites excluding steroid dienone is 4. The van der Waals surface area contributed by atoms with Crippen molar-refractivity contribution in [2.24, 2.45) is 10.8 Å². The van der Waals surface area contributed by atoms with Crippen molar-refractivity contribution in [3.63, 3.8) is 0 Å². The Bertz CT molecular complexity index is 867. The lowest BCUT2D eigenvalue weighted by atomic mass is 9.68. The normalized spacial score (nSPS) is 19.6. The summed E-state index contributed by atoms with van der Waals surface area (Å²) in [4.78, 5) is 0. The maximum atomic E-state index is 2.50. The molecule has 23 heavy (non-hydrogen) atoms. The van der Waals surface area contributed by atoms with Gasteiger partial charge in [0.2, 0.25) is 0 Å². The van der Waals surface area contributed by atoms with Gasteiger partial charge in [0, 0.05) is 0 Å². The molecule has 2 aliphatic rings. The van der Waals surface area contributed by atoms with Crippen molar-refractivity contribution in [2.75, 3.05) is 0 Å². The Morgan fingerprint density at radius 2 is 1.61 bits per heavy atom. The number of benzene rings is 2. The first-order valence-corrected chi connectivity index (χ1v) is 8.74. The summed E-state index contributed by atoms with van der Waals surface area (Å²) in [6.07, 6.45) is 4.75. The van der Waals surface area contributed by atoms with E-state index >= 15 is 0 Å². The molecule has 2 aromatic rings. The SMILES string of the molecule is CC(C)(C)C1=CCC(C)(C)C2=C1Cc1cc3ccccc3cc12. The minimum Gasteiger partial charge on any atom is -0.0796 e. The van der Waals surface area contributed by atoms with Crippen LogP contribution in [0, 0.1) is 10.8 Å². The molecule has 0 unspecified atom stereocenters. The lowest BCUT2D eigenvalue weighted by Gasteiger charge is -2.36.